The van der Waals surface area contributed by atoms with Crippen LogP contribution < -0.4 is 0 Å². The van der Waals surface area contributed by atoms with E-state index in [0.29, 0.717) is 6.29 Å². The van der Waals surface area contributed by atoms with Crippen LogP contribution in [0, 0.1) is 0 Å². The summed E-state index contributed by atoms with van der Waals surface area (Å²) in [4.78, 5) is 18.7. The molecule has 0 aliphatic carbocycles. The second-order valence-electron chi connectivity index (χ2n) is 0.826. The largest absolute Gasteiger partial charge is 0.366 e. The van der Waals surface area contributed by atoms with Gasteiger partial charge in [0.2, 0.25) is 6.29 Å². The van der Waals surface area contributed by atoms with Gasteiger partial charge in [-0.15, -0.1) is 0 Å². The number of carbonyl (C=O) groups excluding carboxylic acids is 2. The first kappa shape index (κ1) is 6.30. The summed E-state index contributed by atoms with van der Waals surface area (Å²) in [5.74, 6) is 0. The minimum absolute atomic E-state index is 0.0186. The smallest absolute Gasteiger partial charge is 0.226 e. The fourth-order valence-corrected chi connectivity index (χ4v) is 0.149. The lowest BCUT2D eigenvalue weighted by molar-refractivity contribution is -0.111. The lowest BCUT2D eigenvalue weighted by Crippen LogP contribution is -1.96. The highest BCUT2D eigenvalue weighted by molar-refractivity contribution is 5.54. The van der Waals surface area contributed by atoms with Gasteiger partial charge in [-0.25, -0.2) is 0 Å². The van der Waals surface area contributed by atoms with Gasteiger partial charge in [0.25, 0.3) is 0 Å². The van der Waals surface area contributed by atoms with Gasteiger partial charge in [-0.2, -0.15) is 0 Å². The van der Waals surface area contributed by atoms with Crippen molar-refractivity contribution in [3.8, 4) is 0 Å². The highest BCUT2D eigenvalue weighted by Gasteiger charge is 1.78. The first-order valence-electron chi connectivity index (χ1n) is 1.78. The van der Waals surface area contributed by atoms with E-state index in [1.54, 1.807) is 0 Å². The molecule has 0 aromatic rings. The summed E-state index contributed by atoms with van der Waals surface area (Å²) in [5, 5.41) is 0. The maximum Gasteiger partial charge on any atom is 0.226 e. The van der Waals surface area contributed by atoms with Crippen molar-refractivity contribution in [1.29, 1.82) is 0 Å². The maximum absolute atomic E-state index is 9.42. The molecule has 0 rings (SSSR count). The van der Waals surface area contributed by atoms with Crippen molar-refractivity contribution < 1.29 is 14.3 Å². The highest BCUT2D eigenvalue weighted by Crippen LogP contribution is 1.61. The predicted molar refractivity (Wildman–Crippen MR) is 22.6 cm³/mol. The normalized spacial score (nSPS) is 8.00. The van der Waals surface area contributed by atoms with Crippen LogP contribution in [0.5, 0.6) is 0 Å². The number of ether oxygens (including phenoxy) is 1. The molecule has 0 bridgehead atoms. The molecule has 0 amide bonds. The molecule has 1 radical (unpaired) electrons. The number of carbonyl (C=O) groups is 1. The van der Waals surface area contributed by atoms with E-state index in [1.165, 1.54) is 6.29 Å². The Hall–Kier alpha value is -0.700. The van der Waals surface area contributed by atoms with Crippen molar-refractivity contribution >= 4 is 12.6 Å². The van der Waals surface area contributed by atoms with Crippen LogP contribution in [0.4, 0.5) is 0 Å². The molecular formula is C4H5O3. The molecule has 0 aromatic heterocycles. The van der Waals surface area contributed by atoms with Crippen LogP contribution in [-0.2, 0) is 14.3 Å². The Kier molecular flexibility index (Phi) is 4.77. The quantitative estimate of drug-likeness (QED) is 0.348. The van der Waals surface area contributed by atoms with Gasteiger partial charge in [-0.3, -0.25) is 4.79 Å². The molecule has 7 heavy (non-hydrogen) atoms. The van der Waals surface area contributed by atoms with E-state index in [-0.39, 0.29) is 13.2 Å². The number of hydrogen-bond donors (Lipinski definition) is 0. The molecule has 0 heterocycles. The van der Waals surface area contributed by atoms with Crippen LogP contribution in [0.3, 0.4) is 0 Å². The van der Waals surface area contributed by atoms with Gasteiger partial charge in [0.1, 0.15) is 19.5 Å². The zero-order valence-electron chi connectivity index (χ0n) is 3.72. The highest BCUT2D eigenvalue weighted by atomic mass is 16.5. The first-order valence-corrected chi connectivity index (χ1v) is 1.78. The van der Waals surface area contributed by atoms with E-state index in [0.717, 1.165) is 0 Å². The lowest BCUT2D eigenvalue weighted by Gasteiger charge is -1.84. The summed E-state index contributed by atoms with van der Waals surface area (Å²) in [6.45, 7) is -0.131. The number of aldehydes is 1. The molecule has 0 aliphatic rings. The summed E-state index contributed by atoms with van der Waals surface area (Å²) >= 11 is 0. The molecule has 0 spiro atoms. The Labute approximate surface area is 41.3 Å². The van der Waals surface area contributed by atoms with Crippen molar-refractivity contribution in [3.63, 3.8) is 0 Å². The maximum atomic E-state index is 9.42. The van der Waals surface area contributed by atoms with Gasteiger partial charge in [-0.1, -0.05) is 0 Å². The molecule has 3 heteroatoms. The molecular weight excluding hydrogens is 96.0 g/mol. The second-order valence-corrected chi connectivity index (χ2v) is 0.826. The van der Waals surface area contributed by atoms with Crippen molar-refractivity contribution in [3.05, 3.63) is 0 Å². The Morgan fingerprint density at radius 1 is 1.71 bits per heavy atom. The fourth-order valence-electron chi connectivity index (χ4n) is 0.149. The molecule has 39 valence electrons. The molecule has 0 aliphatic heterocycles. The van der Waals surface area contributed by atoms with Crippen LogP contribution >= 0.6 is 0 Å². The Morgan fingerprint density at radius 2 is 2.43 bits per heavy atom. The summed E-state index contributed by atoms with van der Waals surface area (Å²) < 4.78 is 4.34. The van der Waals surface area contributed by atoms with Crippen LogP contribution in [0.2, 0.25) is 0 Å². The van der Waals surface area contributed by atoms with Gasteiger partial charge >= 0.3 is 0 Å². The van der Waals surface area contributed by atoms with Gasteiger partial charge < -0.3 is 9.53 Å². The monoisotopic (exact) mass is 101 g/mol. The van der Waals surface area contributed by atoms with Crippen LogP contribution in [0.25, 0.3) is 0 Å². The average Bonchev–Trinajstić information content (AvgIpc) is 1.69. The van der Waals surface area contributed by atoms with E-state index in [9.17, 15) is 9.59 Å². The zero-order chi connectivity index (χ0) is 5.54. The SMILES string of the molecule is O=[C]COCC=O. The van der Waals surface area contributed by atoms with Gasteiger partial charge in [0, 0.05) is 0 Å². The second kappa shape index (κ2) is 5.30. The molecule has 0 saturated carbocycles. The standard InChI is InChI=1S/C4H5O3/c5-1-3-7-4-2-6/h1H,3-4H2. The van der Waals surface area contributed by atoms with Gasteiger partial charge in [0.15, 0.2) is 0 Å². The predicted octanol–water partition coefficient (Wildman–Crippen LogP) is -0.688. The van der Waals surface area contributed by atoms with E-state index in [2.05, 4.69) is 4.74 Å². The van der Waals surface area contributed by atoms with Crippen molar-refractivity contribution in [2.75, 3.05) is 13.2 Å². The third-order valence-corrected chi connectivity index (χ3v) is 0.347. The first-order chi connectivity index (χ1) is 3.41. The van der Waals surface area contributed by atoms with E-state index in [1.807, 2.05) is 0 Å². The van der Waals surface area contributed by atoms with Gasteiger partial charge in [-0.05, 0) is 0 Å². The number of rotatable bonds is 4. The molecule has 0 unspecified atom stereocenters. The summed E-state index contributed by atoms with van der Waals surface area (Å²) in [6.07, 6.45) is 2.05. The van der Waals surface area contributed by atoms with Crippen LogP contribution in [0.1, 0.15) is 0 Å². The molecule has 0 fully saturated rings. The Morgan fingerprint density at radius 3 is 2.86 bits per heavy atom. The molecule has 0 saturated heterocycles. The Bertz CT molecular complexity index is 52.0. The average molecular weight is 101 g/mol. The Balaban J connectivity index is 2.68. The third-order valence-electron chi connectivity index (χ3n) is 0.347. The van der Waals surface area contributed by atoms with Crippen molar-refractivity contribution in [2.45, 2.75) is 0 Å². The van der Waals surface area contributed by atoms with Gasteiger partial charge in [0.05, 0.1) is 0 Å². The van der Waals surface area contributed by atoms with E-state index < -0.39 is 0 Å². The van der Waals surface area contributed by atoms with E-state index >= 15 is 0 Å². The molecule has 0 atom stereocenters. The third kappa shape index (κ3) is 5.30. The van der Waals surface area contributed by atoms with Crippen molar-refractivity contribution in [1.82, 2.24) is 0 Å². The van der Waals surface area contributed by atoms with Crippen LogP contribution in [0.15, 0.2) is 0 Å². The minimum Gasteiger partial charge on any atom is -0.366 e. The minimum atomic E-state index is -0.112. The van der Waals surface area contributed by atoms with Crippen molar-refractivity contribution in [2.24, 2.45) is 0 Å². The molecule has 0 aromatic carbocycles. The summed E-state index contributed by atoms with van der Waals surface area (Å²) in [5.41, 5.74) is 0. The topological polar surface area (TPSA) is 43.4 Å². The fraction of sp³-hybridized carbons (Fsp3) is 0.500. The summed E-state index contributed by atoms with van der Waals surface area (Å²) in [6, 6.07) is 0. The van der Waals surface area contributed by atoms with E-state index in [4.69, 9.17) is 0 Å². The summed E-state index contributed by atoms with van der Waals surface area (Å²) in [7, 11) is 0. The lowest BCUT2D eigenvalue weighted by atomic mass is 10.8. The zero-order valence-corrected chi connectivity index (χ0v) is 3.72. The molecule has 0 N–H and O–H groups in total. The molecule has 3 nitrogen and oxygen atoms in total. The van der Waals surface area contributed by atoms with Crippen LogP contribution in [-0.4, -0.2) is 25.8 Å². The number of hydrogen-bond acceptors (Lipinski definition) is 3.